The molecule has 0 aliphatic carbocycles. The van der Waals surface area contributed by atoms with Crippen LogP contribution in [-0.2, 0) is 4.74 Å². The highest BCUT2D eigenvalue weighted by Crippen LogP contribution is 2.32. The van der Waals surface area contributed by atoms with Crippen molar-refractivity contribution in [3.8, 4) is 11.4 Å². The molecule has 1 saturated heterocycles. The smallest absolute Gasteiger partial charge is 0.140 e. The number of likely N-dealkylation sites (tertiary alicyclic amines) is 1. The van der Waals surface area contributed by atoms with Gasteiger partial charge in [0.25, 0.3) is 0 Å². The number of nitrogens with one attached hydrogen (secondary N) is 1. The molecule has 8 nitrogen and oxygen atoms in total. The second kappa shape index (κ2) is 10.1. The SMILES string of the molecule is CC(C)OCC(O)CN1CCCC([N-]c2nc(-c3c[nH]c4ncc(Cl)cc34)ncc2F)C1. The number of ether oxygens (including phenoxy) is 1. The summed E-state index contributed by atoms with van der Waals surface area (Å²) in [5.74, 6) is -0.170. The Hall–Kier alpha value is -2.33. The zero-order valence-electron chi connectivity index (χ0n) is 18.1. The minimum atomic E-state index is -0.569. The molecule has 0 amide bonds. The zero-order chi connectivity index (χ0) is 22.7. The van der Waals surface area contributed by atoms with E-state index in [-0.39, 0.29) is 18.0 Å². The third-order valence-corrected chi connectivity index (χ3v) is 5.55. The van der Waals surface area contributed by atoms with Gasteiger partial charge < -0.3 is 30.0 Å². The molecule has 0 saturated carbocycles. The van der Waals surface area contributed by atoms with E-state index in [1.165, 1.54) is 0 Å². The van der Waals surface area contributed by atoms with Crippen LogP contribution in [0, 0.1) is 5.82 Å². The molecule has 4 rings (SSSR count). The van der Waals surface area contributed by atoms with Gasteiger partial charge in [-0.25, -0.2) is 9.37 Å². The number of aliphatic hydroxyl groups is 1. The number of piperidine rings is 1. The number of hydrogen-bond acceptors (Lipinski definition) is 6. The average Bonchev–Trinajstić information content (AvgIpc) is 3.17. The van der Waals surface area contributed by atoms with Gasteiger partial charge in [-0.15, -0.1) is 0 Å². The summed E-state index contributed by atoms with van der Waals surface area (Å²) >= 11 is 6.08. The van der Waals surface area contributed by atoms with Gasteiger partial charge in [-0.05, 0) is 51.2 Å². The van der Waals surface area contributed by atoms with Crippen LogP contribution in [0.15, 0.2) is 24.7 Å². The molecule has 4 heterocycles. The van der Waals surface area contributed by atoms with Crippen LogP contribution in [-0.4, -0.2) is 74.4 Å². The highest BCUT2D eigenvalue weighted by Gasteiger charge is 2.20. The minimum absolute atomic E-state index is 0.0369. The molecular formula is C22H27ClFN6O2-. The van der Waals surface area contributed by atoms with Crippen LogP contribution in [0.2, 0.25) is 5.02 Å². The third-order valence-electron chi connectivity index (χ3n) is 5.34. The Morgan fingerprint density at radius 2 is 2.22 bits per heavy atom. The molecule has 1 fully saturated rings. The molecule has 2 atom stereocenters. The Kier molecular flexibility index (Phi) is 7.20. The summed E-state index contributed by atoms with van der Waals surface area (Å²) in [6.07, 6.45) is 5.68. The van der Waals surface area contributed by atoms with Gasteiger partial charge in [0.15, 0.2) is 0 Å². The van der Waals surface area contributed by atoms with Crippen LogP contribution in [0.5, 0.6) is 0 Å². The van der Waals surface area contributed by atoms with Gasteiger partial charge in [-0.1, -0.05) is 11.6 Å². The molecule has 1 aliphatic heterocycles. The number of H-pyrrole nitrogens is 1. The van der Waals surface area contributed by atoms with Gasteiger partial charge in [-0.2, -0.15) is 0 Å². The predicted octanol–water partition coefficient (Wildman–Crippen LogP) is 4.07. The highest BCUT2D eigenvalue weighted by molar-refractivity contribution is 6.31. The van der Waals surface area contributed by atoms with E-state index in [1.807, 2.05) is 13.8 Å². The number of nitrogens with zero attached hydrogens (tertiary/aromatic N) is 5. The zero-order valence-corrected chi connectivity index (χ0v) is 18.9. The monoisotopic (exact) mass is 461 g/mol. The van der Waals surface area contributed by atoms with Gasteiger partial charge in [-0.3, -0.25) is 4.98 Å². The van der Waals surface area contributed by atoms with Gasteiger partial charge in [0, 0.05) is 36.4 Å². The molecule has 2 N–H and O–H groups in total. The second-order valence-corrected chi connectivity index (χ2v) is 8.77. The maximum atomic E-state index is 14.5. The lowest BCUT2D eigenvalue weighted by atomic mass is 10.1. The van der Waals surface area contributed by atoms with E-state index < -0.39 is 11.9 Å². The first-order valence-corrected chi connectivity index (χ1v) is 11.1. The number of pyridine rings is 1. The molecule has 0 aromatic carbocycles. The van der Waals surface area contributed by atoms with Crippen molar-refractivity contribution in [3.05, 3.63) is 40.8 Å². The molecule has 0 radical (unpaired) electrons. The second-order valence-electron chi connectivity index (χ2n) is 8.34. The summed E-state index contributed by atoms with van der Waals surface area (Å²) in [6, 6.07) is 1.66. The molecule has 0 spiro atoms. The Morgan fingerprint density at radius 1 is 1.38 bits per heavy atom. The molecule has 10 heteroatoms. The minimum Gasteiger partial charge on any atom is -0.458 e. The van der Waals surface area contributed by atoms with Crippen LogP contribution in [0.25, 0.3) is 27.7 Å². The summed E-state index contributed by atoms with van der Waals surface area (Å²) in [5.41, 5.74) is 1.34. The lowest BCUT2D eigenvalue weighted by Gasteiger charge is -2.37. The first kappa shape index (κ1) is 22.8. The summed E-state index contributed by atoms with van der Waals surface area (Å²) < 4.78 is 20.0. The lowest BCUT2D eigenvalue weighted by Crippen LogP contribution is -2.43. The number of halogens is 2. The molecular weight excluding hydrogens is 435 g/mol. The Morgan fingerprint density at radius 3 is 3.03 bits per heavy atom. The van der Waals surface area contributed by atoms with E-state index in [4.69, 9.17) is 16.3 Å². The highest BCUT2D eigenvalue weighted by atomic mass is 35.5. The van der Waals surface area contributed by atoms with Crippen molar-refractivity contribution in [2.75, 3.05) is 26.2 Å². The van der Waals surface area contributed by atoms with Gasteiger partial charge in [0.1, 0.15) is 11.5 Å². The summed E-state index contributed by atoms with van der Waals surface area (Å²) in [6.45, 7) is 6.17. The average molecular weight is 462 g/mol. The van der Waals surface area contributed by atoms with E-state index in [0.29, 0.717) is 41.8 Å². The van der Waals surface area contributed by atoms with Crippen LogP contribution in [0.3, 0.4) is 0 Å². The van der Waals surface area contributed by atoms with E-state index in [9.17, 15) is 9.50 Å². The van der Waals surface area contributed by atoms with Gasteiger partial charge in [0.2, 0.25) is 0 Å². The topological polar surface area (TPSA) is 101 Å². The van der Waals surface area contributed by atoms with Crippen LogP contribution >= 0.6 is 11.6 Å². The molecule has 2 unspecified atom stereocenters. The van der Waals surface area contributed by atoms with Crippen molar-refractivity contribution >= 4 is 28.5 Å². The van der Waals surface area contributed by atoms with Crippen LogP contribution in [0.4, 0.5) is 10.2 Å². The Balaban J connectivity index is 1.45. The number of hydrogen-bond donors (Lipinski definition) is 2. The molecule has 172 valence electrons. The number of rotatable bonds is 8. The number of aromatic nitrogens is 4. The van der Waals surface area contributed by atoms with E-state index in [0.717, 1.165) is 31.0 Å². The Bertz CT molecular complexity index is 1060. The van der Waals surface area contributed by atoms with Gasteiger partial charge in [0.05, 0.1) is 35.9 Å². The predicted molar refractivity (Wildman–Crippen MR) is 122 cm³/mol. The van der Waals surface area contributed by atoms with Crippen molar-refractivity contribution in [1.29, 1.82) is 0 Å². The number of fused-ring (bicyclic) bond motifs is 1. The summed E-state index contributed by atoms with van der Waals surface area (Å²) in [4.78, 5) is 18.0. The maximum absolute atomic E-state index is 14.5. The van der Waals surface area contributed by atoms with Crippen molar-refractivity contribution < 1.29 is 14.2 Å². The van der Waals surface area contributed by atoms with Crippen LogP contribution in [0.1, 0.15) is 26.7 Å². The van der Waals surface area contributed by atoms with Crippen molar-refractivity contribution in [3.63, 3.8) is 0 Å². The van der Waals surface area contributed by atoms with Crippen molar-refractivity contribution in [2.24, 2.45) is 0 Å². The van der Waals surface area contributed by atoms with Gasteiger partial charge >= 0.3 is 0 Å². The maximum Gasteiger partial charge on any atom is 0.140 e. The summed E-state index contributed by atoms with van der Waals surface area (Å²) in [5, 5.41) is 16.1. The number of aliphatic hydroxyl groups excluding tert-OH is 1. The van der Waals surface area contributed by atoms with E-state index in [2.05, 4.69) is 30.2 Å². The van der Waals surface area contributed by atoms with E-state index >= 15 is 0 Å². The standard InChI is InChI=1S/C22H27ClFN6O2/c1-13(2)32-12-16(31)11-30-5-3-4-15(10-30)28-22-19(24)9-27-21(29-22)18-8-26-20-17(18)6-14(23)7-25-20/h6-9,13,15-16,31H,3-5,10-12H2,1-2H3,(H-,25,26,27,28,29)/q-1. The van der Waals surface area contributed by atoms with Crippen molar-refractivity contribution in [2.45, 2.75) is 44.9 Å². The first-order chi connectivity index (χ1) is 15.4. The molecule has 32 heavy (non-hydrogen) atoms. The molecule has 1 aliphatic rings. The third kappa shape index (κ3) is 5.53. The fraction of sp³-hybridized carbons (Fsp3) is 0.500. The normalized spacial score (nSPS) is 18.4. The lowest BCUT2D eigenvalue weighted by molar-refractivity contribution is -0.0109. The quantitative estimate of drug-likeness (QED) is 0.524. The van der Waals surface area contributed by atoms with Crippen LogP contribution < -0.4 is 0 Å². The number of aromatic amines is 1. The first-order valence-electron chi connectivity index (χ1n) is 10.8. The fourth-order valence-corrected chi connectivity index (χ4v) is 4.03. The largest absolute Gasteiger partial charge is 0.458 e. The summed E-state index contributed by atoms with van der Waals surface area (Å²) in [7, 11) is 0. The Labute approximate surface area is 191 Å². The molecule has 3 aromatic rings. The molecule has 3 aromatic heterocycles. The number of β-amino-alcohol motifs (C(OH)–C–C–N with tert-alkyl or cyclic N) is 1. The van der Waals surface area contributed by atoms with Crippen molar-refractivity contribution in [1.82, 2.24) is 24.8 Å². The fourth-order valence-electron chi connectivity index (χ4n) is 3.87. The molecule has 0 bridgehead atoms. The van der Waals surface area contributed by atoms with E-state index in [1.54, 1.807) is 18.5 Å².